The molecule has 6 heteroatoms. The maximum Gasteiger partial charge on any atom is 0.336 e. The highest BCUT2D eigenvalue weighted by Gasteiger charge is 2.45. The molecule has 0 radical (unpaired) electrons. The highest BCUT2D eigenvalue weighted by molar-refractivity contribution is 5.96. The maximum atomic E-state index is 13.6. The van der Waals surface area contributed by atoms with E-state index in [9.17, 15) is 14.7 Å². The molecule has 2 aromatic carbocycles. The molecule has 2 N–H and O–H groups in total. The number of carbonyl (C=O) groups is 2. The summed E-state index contributed by atoms with van der Waals surface area (Å²) < 4.78 is 10.9. The molecule has 6 nitrogen and oxygen atoms in total. The normalized spacial score (nSPS) is 22.2. The van der Waals surface area contributed by atoms with Crippen LogP contribution in [0.2, 0.25) is 0 Å². The standard InChI is InChI=1S/C27H29NO5/c1-4-32-23-15-18(11-12-21(23)29)25-24(27(31)33-5-2)16(3)28-20-13-19(14-22(30)26(20)25)17-9-7-6-8-10-17/h6-13,15,19,25-26,28-29H,4-5,14H2,1-3H3. The molecule has 0 bridgehead atoms. The molecular formula is C27H29NO5. The number of hydrogen-bond acceptors (Lipinski definition) is 6. The number of allylic oxidation sites excluding steroid dienone is 3. The summed E-state index contributed by atoms with van der Waals surface area (Å²) in [4.78, 5) is 26.6. The Bertz CT molecular complexity index is 1120. The lowest BCUT2D eigenvalue weighted by Crippen LogP contribution is -2.42. The minimum absolute atomic E-state index is 0.0165. The molecule has 4 rings (SSSR count). The molecule has 2 aliphatic rings. The number of ether oxygens (including phenoxy) is 2. The van der Waals surface area contributed by atoms with Crippen LogP contribution in [0.25, 0.3) is 0 Å². The smallest absolute Gasteiger partial charge is 0.336 e. The Morgan fingerprint density at radius 1 is 1.06 bits per heavy atom. The Hall–Kier alpha value is -3.54. The fourth-order valence-corrected chi connectivity index (χ4v) is 4.82. The number of aromatic hydroxyl groups is 1. The largest absolute Gasteiger partial charge is 0.504 e. The molecule has 0 aromatic heterocycles. The zero-order chi connectivity index (χ0) is 23.5. The summed E-state index contributed by atoms with van der Waals surface area (Å²) in [6, 6.07) is 15.0. The Morgan fingerprint density at radius 3 is 2.52 bits per heavy atom. The van der Waals surface area contributed by atoms with Gasteiger partial charge in [-0.2, -0.15) is 0 Å². The van der Waals surface area contributed by atoms with Crippen molar-refractivity contribution in [2.75, 3.05) is 13.2 Å². The van der Waals surface area contributed by atoms with E-state index in [1.807, 2.05) is 44.2 Å². The molecule has 1 aliphatic carbocycles. The van der Waals surface area contributed by atoms with Gasteiger partial charge in [0.15, 0.2) is 11.5 Å². The number of rotatable bonds is 6. The summed E-state index contributed by atoms with van der Waals surface area (Å²) in [5.41, 5.74) is 3.69. The molecule has 0 saturated carbocycles. The first-order chi connectivity index (χ1) is 15.9. The van der Waals surface area contributed by atoms with Crippen LogP contribution in [0.15, 0.2) is 71.6 Å². The number of carbonyl (C=O) groups excluding carboxylic acids is 2. The minimum atomic E-state index is -0.549. The quantitative estimate of drug-likeness (QED) is 0.631. The number of Topliss-reactive ketones (excluding diaryl/α,β-unsaturated/α-hetero) is 1. The Morgan fingerprint density at radius 2 is 1.82 bits per heavy atom. The molecule has 1 heterocycles. The van der Waals surface area contributed by atoms with E-state index < -0.39 is 17.8 Å². The second kappa shape index (κ2) is 9.53. The number of phenolic OH excluding ortho intramolecular Hbond substituents is 1. The van der Waals surface area contributed by atoms with Crippen LogP contribution in [-0.2, 0) is 14.3 Å². The van der Waals surface area contributed by atoms with Crippen molar-refractivity contribution < 1.29 is 24.2 Å². The summed E-state index contributed by atoms with van der Waals surface area (Å²) in [5.74, 6) is -1.18. The number of fused-ring (bicyclic) bond motifs is 1. The number of esters is 1. The van der Waals surface area contributed by atoms with Crippen molar-refractivity contribution in [2.24, 2.45) is 5.92 Å². The summed E-state index contributed by atoms with van der Waals surface area (Å²) in [5, 5.41) is 13.5. The van der Waals surface area contributed by atoms with Crippen molar-refractivity contribution in [2.45, 2.75) is 39.0 Å². The van der Waals surface area contributed by atoms with Gasteiger partial charge in [0.25, 0.3) is 0 Å². The SMILES string of the molecule is CCOC(=O)C1=C(C)NC2=CC(c3ccccc3)CC(=O)C2C1c1ccc(O)c(OCC)c1. The van der Waals surface area contributed by atoms with Gasteiger partial charge in [-0.25, -0.2) is 4.79 Å². The van der Waals surface area contributed by atoms with Gasteiger partial charge in [-0.05, 0) is 44.0 Å². The fourth-order valence-electron chi connectivity index (χ4n) is 4.82. The van der Waals surface area contributed by atoms with Crippen LogP contribution in [0.5, 0.6) is 11.5 Å². The lowest BCUT2D eigenvalue weighted by molar-refractivity contribution is -0.139. The summed E-state index contributed by atoms with van der Waals surface area (Å²) in [6.45, 7) is 6.04. The van der Waals surface area contributed by atoms with Crippen LogP contribution in [-0.4, -0.2) is 30.1 Å². The van der Waals surface area contributed by atoms with Crippen LogP contribution in [0.3, 0.4) is 0 Å². The van der Waals surface area contributed by atoms with Gasteiger partial charge in [0.1, 0.15) is 5.78 Å². The van der Waals surface area contributed by atoms with Crippen LogP contribution < -0.4 is 10.1 Å². The van der Waals surface area contributed by atoms with Crippen molar-refractivity contribution in [3.63, 3.8) is 0 Å². The van der Waals surface area contributed by atoms with Crippen molar-refractivity contribution in [3.05, 3.63) is 82.7 Å². The average molecular weight is 448 g/mol. The molecule has 33 heavy (non-hydrogen) atoms. The van der Waals surface area contributed by atoms with Crippen LogP contribution >= 0.6 is 0 Å². The topological polar surface area (TPSA) is 84.9 Å². The van der Waals surface area contributed by atoms with E-state index >= 15 is 0 Å². The van der Waals surface area contributed by atoms with Crippen molar-refractivity contribution in [3.8, 4) is 11.5 Å². The third kappa shape index (κ3) is 4.38. The first-order valence-electron chi connectivity index (χ1n) is 11.3. The zero-order valence-corrected chi connectivity index (χ0v) is 19.1. The molecular weight excluding hydrogens is 418 g/mol. The number of benzene rings is 2. The number of nitrogens with one attached hydrogen (secondary N) is 1. The Balaban J connectivity index is 1.84. The van der Waals surface area contributed by atoms with Gasteiger partial charge in [-0.3, -0.25) is 4.79 Å². The predicted molar refractivity (Wildman–Crippen MR) is 125 cm³/mol. The third-order valence-electron chi connectivity index (χ3n) is 6.23. The zero-order valence-electron chi connectivity index (χ0n) is 19.1. The average Bonchev–Trinajstić information content (AvgIpc) is 2.80. The minimum Gasteiger partial charge on any atom is -0.504 e. The van der Waals surface area contributed by atoms with Crippen LogP contribution in [0, 0.1) is 5.92 Å². The fraction of sp³-hybridized carbons (Fsp3) is 0.333. The van der Waals surface area contributed by atoms with Gasteiger partial charge < -0.3 is 19.9 Å². The molecule has 3 atom stereocenters. The van der Waals surface area contributed by atoms with Gasteiger partial charge >= 0.3 is 5.97 Å². The van der Waals surface area contributed by atoms with E-state index in [2.05, 4.69) is 11.4 Å². The van der Waals surface area contributed by atoms with Crippen LogP contribution in [0.1, 0.15) is 50.2 Å². The van der Waals surface area contributed by atoms with Gasteiger partial charge in [-0.15, -0.1) is 0 Å². The number of ketones is 1. The molecule has 0 spiro atoms. The highest BCUT2D eigenvalue weighted by Crippen LogP contribution is 2.47. The van der Waals surface area contributed by atoms with E-state index in [1.165, 1.54) is 0 Å². The summed E-state index contributed by atoms with van der Waals surface area (Å²) >= 11 is 0. The van der Waals surface area contributed by atoms with E-state index in [4.69, 9.17) is 9.47 Å². The van der Waals surface area contributed by atoms with Gasteiger partial charge in [-0.1, -0.05) is 42.5 Å². The van der Waals surface area contributed by atoms with E-state index in [0.717, 1.165) is 16.8 Å². The molecule has 172 valence electrons. The Kier molecular flexibility index (Phi) is 6.54. The number of phenols is 1. The summed E-state index contributed by atoms with van der Waals surface area (Å²) in [6.07, 6.45) is 2.45. The molecule has 3 unspecified atom stereocenters. The van der Waals surface area contributed by atoms with Crippen molar-refractivity contribution >= 4 is 11.8 Å². The van der Waals surface area contributed by atoms with Gasteiger partial charge in [0.2, 0.25) is 0 Å². The molecule has 0 fully saturated rings. The molecule has 1 aliphatic heterocycles. The second-order valence-electron chi connectivity index (χ2n) is 8.31. The summed E-state index contributed by atoms with van der Waals surface area (Å²) in [7, 11) is 0. The third-order valence-corrected chi connectivity index (χ3v) is 6.23. The molecule has 0 saturated heterocycles. The van der Waals surface area contributed by atoms with Gasteiger partial charge in [0, 0.05) is 29.7 Å². The number of hydrogen-bond donors (Lipinski definition) is 2. The van der Waals surface area contributed by atoms with Crippen molar-refractivity contribution in [1.29, 1.82) is 0 Å². The molecule has 2 aromatic rings. The lowest BCUT2D eigenvalue weighted by atomic mass is 9.68. The van der Waals surface area contributed by atoms with Crippen LogP contribution in [0.4, 0.5) is 0 Å². The first kappa shape index (κ1) is 22.6. The Labute approximate surface area is 193 Å². The van der Waals surface area contributed by atoms with Crippen molar-refractivity contribution in [1.82, 2.24) is 5.32 Å². The second-order valence-corrected chi connectivity index (χ2v) is 8.31. The predicted octanol–water partition coefficient (Wildman–Crippen LogP) is 4.57. The van der Waals surface area contributed by atoms with E-state index in [1.54, 1.807) is 25.1 Å². The van der Waals surface area contributed by atoms with E-state index in [-0.39, 0.29) is 24.1 Å². The van der Waals surface area contributed by atoms with E-state index in [0.29, 0.717) is 30.0 Å². The van der Waals surface area contributed by atoms with Gasteiger partial charge in [0.05, 0.1) is 24.7 Å². The lowest BCUT2D eigenvalue weighted by Gasteiger charge is -2.39. The first-order valence-corrected chi connectivity index (χ1v) is 11.3. The maximum absolute atomic E-state index is 13.6. The highest BCUT2D eigenvalue weighted by atomic mass is 16.5. The molecule has 0 amide bonds. The monoisotopic (exact) mass is 447 g/mol.